The lowest BCUT2D eigenvalue weighted by Gasteiger charge is -2.45. The molecule has 0 heterocycles. The molecule has 2 fully saturated rings. The summed E-state index contributed by atoms with van der Waals surface area (Å²) in [6.07, 6.45) is -0.0438. The van der Waals surface area contributed by atoms with Crippen molar-refractivity contribution in [2.45, 2.75) is 37.5 Å². The van der Waals surface area contributed by atoms with Crippen LogP contribution < -0.4 is 4.74 Å². The van der Waals surface area contributed by atoms with Crippen LogP contribution in [0, 0.1) is 23.0 Å². The lowest BCUT2D eigenvalue weighted by atomic mass is 9.64. The highest BCUT2D eigenvalue weighted by atomic mass is 19.3. The predicted octanol–water partition coefficient (Wildman–Crippen LogP) is 4.06. The SMILES string of the molecule is COC(=O)C1CC2(CC1c1ccc(F)c(F)c1OC)CC(F)(F)C2. The van der Waals surface area contributed by atoms with E-state index in [2.05, 4.69) is 0 Å². The number of esters is 1. The molecule has 3 nitrogen and oxygen atoms in total. The summed E-state index contributed by atoms with van der Waals surface area (Å²) < 4.78 is 64.0. The van der Waals surface area contributed by atoms with Gasteiger partial charge in [-0.3, -0.25) is 4.79 Å². The lowest BCUT2D eigenvalue weighted by Crippen LogP contribution is -2.44. The first-order chi connectivity index (χ1) is 11.2. The van der Waals surface area contributed by atoms with Gasteiger partial charge in [0, 0.05) is 24.3 Å². The molecule has 0 aliphatic heterocycles. The second-order valence-corrected chi connectivity index (χ2v) is 6.84. The monoisotopic (exact) mass is 346 g/mol. The average Bonchev–Trinajstić information content (AvgIpc) is 2.87. The Kier molecular flexibility index (Phi) is 4.00. The molecule has 2 atom stereocenters. The normalized spacial score (nSPS) is 26.9. The average molecular weight is 346 g/mol. The standard InChI is InChI=1S/C17H18F4O3/c1-23-14-9(3-4-12(18)13(14)19)10-5-16(7-17(20,21)8-16)6-11(10)15(22)24-2/h3-4,10-11H,5-8H2,1-2H3. The zero-order chi connectivity index (χ0) is 17.7. The van der Waals surface area contributed by atoms with E-state index in [4.69, 9.17) is 9.47 Å². The van der Waals surface area contributed by atoms with Crippen LogP contribution in [0.15, 0.2) is 12.1 Å². The fourth-order valence-corrected chi connectivity index (χ4v) is 4.41. The molecule has 2 saturated carbocycles. The van der Waals surface area contributed by atoms with E-state index in [0.717, 1.165) is 6.07 Å². The maximum absolute atomic E-state index is 14.0. The Labute approximate surface area is 136 Å². The third-order valence-corrected chi connectivity index (χ3v) is 5.25. The van der Waals surface area contributed by atoms with Crippen LogP contribution in [0.25, 0.3) is 0 Å². The van der Waals surface area contributed by atoms with Gasteiger partial charge in [0.05, 0.1) is 20.1 Å². The Balaban J connectivity index is 1.99. The Morgan fingerprint density at radius 1 is 1.17 bits per heavy atom. The first-order valence-electron chi connectivity index (χ1n) is 7.69. The van der Waals surface area contributed by atoms with Gasteiger partial charge in [-0.05, 0) is 24.3 Å². The summed E-state index contributed by atoms with van der Waals surface area (Å²) in [5.41, 5.74) is -0.345. The summed E-state index contributed by atoms with van der Waals surface area (Å²) in [5, 5.41) is 0. The Morgan fingerprint density at radius 3 is 2.38 bits per heavy atom. The Morgan fingerprint density at radius 2 is 1.83 bits per heavy atom. The smallest absolute Gasteiger partial charge is 0.309 e. The van der Waals surface area contributed by atoms with Crippen LogP contribution >= 0.6 is 0 Å². The van der Waals surface area contributed by atoms with Gasteiger partial charge >= 0.3 is 5.97 Å². The molecule has 0 amide bonds. The first kappa shape index (κ1) is 17.0. The van der Waals surface area contributed by atoms with Crippen molar-refractivity contribution in [1.82, 2.24) is 0 Å². The minimum absolute atomic E-state index is 0.252. The summed E-state index contributed by atoms with van der Waals surface area (Å²) >= 11 is 0. The number of hydrogen-bond donors (Lipinski definition) is 0. The Hall–Kier alpha value is -1.79. The zero-order valence-corrected chi connectivity index (χ0v) is 13.4. The third-order valence-electron chi connectivity index (χ3n) is 5.25. The lowest BCUT2D eigenvalue weighted by molar-refractivity contribution is -0.163. The molecule has 7 heteroatoms. The molecule has 24 heavy (non-hydrogen) atoms. The molecule has 2 aliphatic carbocycles. The number of halogens is 4. The molecule has 3 rings (SSSR count). The molecule has 2 unspecified atom stereocenters. The largest absolute Gasteiger partial charge is 0.493 e. The fraction of sp³-hybridized carbons (Fsp3) is 0.588. The maximum Gasteiger partial charge on any atom is 0.309 e. The highest BCUT2D eigenvalue weighted by Crippen LogP contribution is 2.65. The van der Waals surface area contributed by atoms with Crippen molar-refractivity contribution in [1.29, 1.82) is 0 Å². The van der Waals surface area contributed by atoms with Gasteiger partial charge in [0.2, 0.25) is 11.7 Å². The van der Waals surface area contributed by atoms with Gasteiger partial charge in [0.1, 0.15) is 0 Å². The quantitative estimate of drug-likeness (QED) is 0.612. The van der Waals surface area contributed by atoms with Crippen LogP contribution in [0.3, 0.4) is 0 Å². The second-order valence-electron chi connectivity index (χ2n) is 6.84. The number of methoxy groups -OCH3 is 2. The van der Waals surface area contributed by atoms with Crippen molar-refractivity contribution in [2.24, 2.45) is 11.3 Å². The minimum atomic E-state index is -2.73. The van der Waals surface area contributed by atoms with Crippen LogP contribution in [0.4, 0.5) is 17.6 Å². The number of benzene rings is 1. The van der Waals surface area contributed by atoms with E-state index in [1.807, 2.05) is 0 Å². The topological polar surface area (TPSA) is 35.5 Å². The van der Waals surface area contributed by atoms with Crippen LogP contribution in [-0.4, -0.2) is 26.1 Å². The van der Waals surface area contributed by atoms with Gasteiger partial charge in [0.25, 0.3) is 0 Å². The van der Waals surface area contributed by atoms with Gasteiger partial charge in [-0.15, -0.1) is 0 Å². The van der Waals surface area contributed by atoms with Gasteiger partial charge < -0.3 is 9.47 Å². The summed E-state index contributed by atoms with van der Waals surface area (Å²) in [6, 6.07) is 2.32. The number of carbonyl (C=O) groups is 1. The van der Waals surface area contributed by atoms with Gasteiger partial charge in [-0.1, -0.05) is 6.07 Å². The second kappa shape index (κ2) is 5.63. The van der Waals surface area contributed by atoms with Crippen molar-refractivity contribution < 1.29 is 31.8 Å². The van der Waals surface area contributed by atoms with E-state index in [1.165, 1.54) is 20.3 Å². The van der Waals surface area contributed by atoms with Crippen LogP contribution in [0.5, 0.6) is 5.75 Å². The maximum atomic E-state index is 14.0. The number of carbonyl (C=O) groups excluding carboxylic acids is 1. The number of rotatable bonds is 3. The summed E-state index contributed by atoms with van der Waals surface area (Å²) in [7, 11) is 2.43. The number of hydrogen-bond acceptors (Lipinski definition) is 3. The molecule has 0 aromatic heterocycles. The van der Waals surface area contributed by atoms with Crippen molar-refractivity contribution in [3.63, 3.8) is 0 Å². The van der Waals surface area contributed by atoms with Crippen molar-refractivity contribution in [3.05, 3.63) is 29.3 Å². The molecule has 1 spiro atoms. The minimum Gasteiger partial charge on any atom is -0.493 e. The molecule has 2 aliphatic rings. The molecule has 1 aromatic carbocycles. The highest BCUT2D eigenvalue weighted by molar-refractivity contribution is 5.74. The van der Waals surface area contributed by atoms with E-state index < -0.39 is 40.8 Å². The van der Waals surface area contributed by atoms with E-state index >= 15 is 0 Å². The van der Waals surface area contributed by atoms with Crippen LogP contribution in [0.1, 0.15) is 37.2 Å². The predicted molar refractivity (Wildman–Crippen MR) is 77.0 cm³/mol. The zero-order valence-electron chi connectivity index (χ0n) is 13.4. The molecule has 132 valence electrons. The molecular weight excluding hydrogens is 328 g/mol. The van der Waals surface area contributed by atoms with Gasteiger partial charge in [-0.25, -0.2) is 13.2 Å². The highest BCUT2D eigenvalue weighted by Gasteiger charge is 2.62. The molecule has 0 bridgehead atoms. The summed E-state index contributed by atoms with van der Waals surface area (Å²) in [4.78, 5) is 12.1. The molecule has 0 saturated heterocycles. The van der Waals surface area contributed by atoms with Gasteiger partial charge in [0.15, 0.2) is 11.6 Å². The summed E-state index contributed by atoms with van der Waals surface area (Å²) in [5.74, 6) is -6.96. The first-order valence-corrected chi connectivity index (χ1v) is 7.69. The van der Waals surface area contributed by atoms with Gasteiger partial charge in [-0.2, -0.15) is 4.39 Å². The molecule has 1 aromatic rings. The van der Waals surface area contributed by atoms with Crippen molar-refractivity contribution >= 4 is 5.97 Å². The van der Waals surface area contributed by atoms with E-state index in [9.17, 15) is 22.4 Å². The molecule has 0 N–H and O–H groups in total. The van der Waals surface area contributed by atoms with Crippen LogP contribution in [-0.2, 0) is 9.53 Å². The van der Waals surface area contributed by atoms with Crippen molar-refractivity contribution in [2.75, 3.05) is 14.2 Å². The van der Waals surface area contributed by atoms with Crippen LogP contribution in [0.2, 0.25) is 0 Å². The Bertz CT molecular complexity index is 666. The molecule has 0 radical (unpaired) electrons. The third kappa shape index (κ3) is 2.63. The van der Waals surface area contributed by atoms with Crippen molar-refractivity contribution in [3.8, 4) is 5.75 Å². The fourth-order valence-electron chi connectivity index (χ4n) is 4.41. The molecular formula is C17H18F4O3. The number of ether oxygens (including phenoxy) is 2. The van der Waals surface area contributed by atoms with E-state index in [-0.39, 0.29) is 25.0 Å². The van der Waals surface area contributed by atoms with E-state index in [1.54, 1.807) is 0 Å². The number of alkyl halides is 2. The van der Waals surface area contributed by atoms with E-state index in [0.29, 0.717) is 12.0 Å². The summed E-state index contributed by atoms with van der Waals surface area (Å²) in [6.45, 7) is 0.